The van der Waals surface area contributed by atoms with Gasteiger partial charge in [0, 0.05) is 29.9 Å². The van der Waals surface area contributed by atoms with Crippen LogP contribution in [0.5, 0.6) is 0 Å². The molecule has 1 aromatic rings. The molecule has 0 saturated heterocycles. The summed E-state index contributed by atoms with van der Waals surface area (Å²) < 4.78 is 2.11. The molecule has 0 amide bonds. The van der Waals surface area contributed by atoms with Crippen molar-refractivity contribution in [2.45, 2.75) is 72.5 Å². The molecule has 1 heterocycles. The molecule has 1 fully saturated rings. The summed E-state index contributed by atoms with van der Waals surface area (Å²) in [6, 6.07) is 1.17. The Hall–Kier alpha value is -0.830. The van der Waals surface area contributed by atoms with E-state index in [2.05, 4.69) is 49.7 Å². The van der Waals surface area contributed by atoms with Crippen LogP contribution in [-0.4, -0.2) is 15.8 Å². The topological polar surface area (TPSA) is 29.9 Å². The third-order valence-corrected chi connectivity index (χ3v) is 4.22. The SMILES string of the molecule is CCCC1CC1NC(C)c1c(C)nn(CC)c1C. The molecule has 3 heteroatoms. The summed E-state index contributed by atoms with van der Waals surface area (Å²) in [6.07, 6.45) is 4.04. The number of hydrogen-bond donors (Lipinski definition) is 1. The Balaban J connectivity index is 2.01. The molecule has 0 radical (unpaired) electrons. The van der Waals surface area contributed by atoms with Gasteiger partial charge in [-0.3, -0.25) is 4.68 Å². The molecule has 18 heavy (non-hydrogen) atoms. The Morgan fingerprint density at radius 2 is 2.11 bits per heavy atom. The van der Waals surface area contributed by atoms with E-state index < -0.39 is 0 Å². The van der Waals surface area contributed by atoms with E-state index >= 15 is 0 Å². The van der Waals surface area contributed by atoms with Crippen molar-refractivity contribution in [3.05, 3.63) is 17.0 Å². The van der Waals surface area contributed by atoms with Gasteiger partial charge >= 0.3 is 0 Å². The molecule has 1 aliphatic carbocycles. The average Bonchev–Trinajstić information content (AvgIpc) is 2.96. The zero-order chi connectivity index (χ0) is 13.3. The first kappa shape index (κ1) is 13.6. The minimum absolute atomic E-state index is 0.428. The normalized spacial score (nSPS) is 24.3. The van der Waals surface area contributed by atoms with Crippen LogP contribution < -0.4 is 5.32 Å². The lowest BCUT2D eigenvalue weighted by Gasteiger charge is -2.15. The van der Waals surface area contributed by atoms with Gasteiger partial charge in [0.25, 0.3) is 0 Å². The third-order valence-electron chi connectivity index (χ3n) is 4.22. The van der Waals surface area contributed by atoms with Crippen molar-refractivity contribution in [3.8, 4) is 0 Å². The molecule has 1 saturated carbocycles. The van der Waals surface area contributed by atoms with Crippen LogP contribution in [0.15, 0.2) is 0 Å². The minimum atomic E-state index is 0.428. The lowest BCUT2D eigenvalue weighted by molar-refractivity contribution is 0.525. The Kier molecular flexibility index (Phi) is 4.10. The van der Waals surface area contributed by atoms with Crippen LogP contribution in [0.3, 0.4) is 0 Å². The van der Waals surface area contributed by atoms with E-state index in [0.29, 0.717) is 6.04 Å². The van der Waals surface area contributed by atoms with Crippen molar-refractivity contribution < 1.29 is 0 Å². The predicted octanol–water partition coefficient (Wildman–Crippen LogP) is 3.36. The summed E-state index contributed by atoms with van der Waals surface area (Å²) in [5.74, 6) is 0.916. The van der Waals surface area contributed by atoms with Gasteiger partial charge in [0.2, 0.25) is 0 Å². The first-order valence-corrected chi connectivity index (χ1v) is 7.38. The van der Waals surface area contributed by atoms with E-state index in [-0.39, 0.29) is 0 Å². The van der Waals surface area contributed by atoms with E-state index in [1.807, 2.05) is 0 Å². The standard InChI is InChI=1S/C15H27N3/c1-6-8-13-9-14(13)16-10(3)15-11(4)17-18(7-2)12(15)5/h10,13-14,16H,6-9H2,1-5H3. The first-order chi connectivity index (χ1) is 8.58. The molecule has 1 aliphatic rings. The van der Waals surface area contributed by atoms with Crippen LogP contribution in [0.4, 0.5) is 0 Å². The van der Waals surface area contributed by atoms with E-state index in [1.54, 1.807) is 0 Å². The van der Waals surface area contributed by atoms with Gasteiger partial charge in [0.1, 0.15) is 0 Å². The second-order valence-corrected chi connectivity index (χ2v) is 5.68. The fourth-order valence-electron chi connectivity index (χ4n) is 3.19. The van der Waals surface area contributed by atoms with Crippen molar-refractivity contribution in [3.63, 3.8) is 0 Å². The molecule has 3 atom stereocenters. The lowest BCUT2D eigenvalue weighted by atomic mass is 10.1. The Bertz CT molecular complexity index is 408. The summed E-state index contributed by atoms with van der Waals surface area (Å²) in [5.41, 5.74) is 3.91. The third kappa shape index (κ3) is 2.61. The number of aryl methyl sites for hydroxylation is 2. The van der Waals surface area contributed by atoms with Gasteiger partial charge in [-0.25, -0.2) is 0 Å². The minimum Gasteiger partial charge on any atom is -0.307 e. The number of nitrogens with zero attached hydrogens (tertiary/aromatic N) is 2. The van der Waals surface area contributed by atoms with E-state index in [0.717, 1.165) is 18.5 Å². The number of nitrogens with one attached hydrogen (secondary N) is 1. The maximum absolute atomic E-state index is 4.61. The molecule has 3 unspecified atom stereocenters. The predicted molar refractivity (Wildman–Crippen MR) is 75.7 cm³/mol. The Morgan fingerprint density at radius 1 is 1.39 bits per heavy atom. The van der Waals surface area contributed by atoms with Crippen molar-refractivity contribution >= 4 is 0 Å². The maximum atomic E-state index is 4.61. The zero-order valence-corrected chi connectivity index (χ0v) is 12.5. The summed E-state index contributed by atoms with van der Waals surface area (Å²) in [7, 11) is 0. The van der Waals surface area contributed by atoms with Crippen molar-refractivity contribution in [1.29, 1.82) is 0 Å². The first-order valence-electron chi connectivity index (χ1n) is 7.38. The summed E-state index contributed by atoms with van der Waals surface area (Å²) in [4.78, 5) is 0. The summed E-state index contributed by atoms with van der Waals surface area (Å²) in [6.45, 7) is 12.0. The van der Waals surface area contributed by atoms with Crippen LogP contribution in [0.25, 0.3) is 0 Å². The van der Waals surface area contributed by atoms with Gasteiger partial charge in [0.05, 0.1) is 5.69 Å². The zero-order valence-electron chi connectivity index (χ0n) is 12.5. The Labute approximate surface area is 111 Å². The summed E-state index contributed by atoms with van der Waals surface area (Å²) >= 11 is 0. The van der Waals surface area contributed by atoms with Gasteiger partial charge < -0.3 is 5.32 Å². The molecule has 1 aromatic heterocycles. The number of hydrogen-bond acceptors (Lipinski definition) is 2. The highest BCUT2D eigenvalue weighted by atomic mass is 15.3. The van der Waals surface area contributed by atoms with Crippen molar-refractivity contribution in [1.82, 2.24) is 15.1 Å². The highest BCUT2D eigenvalue weighted by Crippen LogP contribution is 2.36. The van der Waals surface area contributed by atoms with Crippen LogP contribution in [0, 0.1) is 19.8 Å². The molecule has 0 aromatic carbocycles. The Morgan fingerprint density at radius 3 is 2.67 bits per heavy atom. The molecule has 1 N–H and O–H groups in total. The van der Waals surface area contributed by atoms with Crippen LogP contribution >= 0.6 is 0 Å². The molecule has 3 nitrogen and oxygen atoms in total. The summed E-state index contributed by atoms with van der Waals surface area (Å²) in [5, 5.41) is 8.38. The molecule has 0 bridgehead atoms. The van der Waals surface area contributed by atoms with E-state index in [4.69, 9.17) is 0 Å². The second kappa shape index (κ2) is 5.43. The second-order valence-electron chi connectivity index (χ2n) is 5.68. The number of rotatable bonds is 6. The van der Waals surface area contributed by atoms with Crippen LogP contribution in [0.1, 0.15) is 63.0 Å². The quantitative estimate of drug-likeness (QED) is 0.838. The average molecular weight is 249 g/mol. The molecule has 0 aliphatic heterocycles. The number of aromatic nitrogens is 2. The van der Waals surface area contributed by atoms with E-state index in [1.165, 1.54) is 36.2 Å². The van der Waals surface area contributed by atoms with E-state index in [9.17, 15) is 0 Å². The highest BCUT2D eigenvalue weighted by molar-refractivity contribution is 5.28. The molecule has 2 rings (SSSR count). The van der Waals surface area contributed by atoms with Crippen LogP contribution in [-0.2, 0) is 6.54 Å². The smallest absolute Gasteiger partial charge is 0.0644 e. The molecule has 0 spiro atoms. The fourth-order valence-corrected chi connectivity index (χ4v) is 3.19. The van der Waals surface area contributed by atoms with Crippen LogP contribution in [0.2, 0.25) is 0 Å². The monoisotopic (exact) mass is 249 g/mol. The van der Waals surface area contributed by atoms with Crippen molar-refractivity contribution in [2.24, 2.45) is 5.92 Å². The molecular weight excluding hydrogens is 222 g/mol. The van der Waals surface area contributed by atoms with Gasteiger partial charge in [-0.15, -0.1) is 0 Å². The van der Waals surface area contributed by atoms with Gasteiger partial charge in [-0.05, 0) is 46.5 Å². The van der Waals surface area contributed by atoms with Gasteiger partial charge in [-0.1, -0.05) is 13.3 Å². The van der Waals surface area contributed by atoms with Crippen molar-refractivity contribution in [2.75, 3.05) is 0 Å². The van der Waals surface area contributed by atoms with Gasteiger partial charge in [0.15, 0.2) is 0 Å². The molecular formula is C15H27N3. The lowest BCUT2D eigenvalue weighted by Crippen LogP contribution is -2.23. The highest BCUT2D eigenvalue weighted by Gasteiger charge is 2.37. The molecule has 102 valence electrons. The maximum Gasteiger partial charge on any atom is 0.0644 e. The fraction of sp³-hybridized carbons (Fsp3) is 0.800. The largest absolute Gasteiger partial charge is 0.307 e. The van der Waals surface area contributed by atoms with Gasteiger partial charge in [-0.2, -0.15) is 5.10 Å².